The number of Topliss-reactive ketones (excluding diaryl/α,β-unsaturated/α-hetero) is 1. The number of carbonyl (C=O) groups excluding carboxylic acids is 1. The second-order valence-corrected chi connectivity index (χ2v) is 6.38. The molecule has 0 aliphatic heterocycles. The number of nitrogens with two attached hydrogens (primary N) is 1. The van der Waals surface area contributed by atoms with E-state index in [1.807, 2.05) is 0 Å². The van der Waals surface area contributed by atoms with Crippen LogP contribution >= 0.6 is 0 Å². The van der Waals surface area contributed by atoms with Gasteiger partial charge in [0.05, 0.1) is 0 Å². The highest BCUT2D eigenvalue weighted by molar-refractivity contribution is 5.78. The van der Waals surface area contributed by atoms with Gasteiger partial charge in [-0.1, -0.05) is 79.8 Å². The Labute approximate surface area is 167 Å². The minimum atomic E-state index is 0.319. The summed E-state index contributed by atoms with van der Waals surface area (Å²) in [6, 6.07) is 0. The fourth-order valence-electron chi connectivity index (χ4n) is 2.31. The first-order valence-electron chi connectivity index (χ1n) is 10.4. The molecule has 27 heavy (non-hydrogen) atoms. The van der Waals surface area contributed by atoms with E-state index in [9.17, 15) is 4.79 Å². The van der Waals surface area contributed by atoms with E-state index >= 15 is 0 Å². The molecule has 0 aromatic carbocycles. The lowest BCUT2D eigenvalue weighted by molar-refractivity contribution is -0.119. The van der Waals surface area contributed by atoms with Crippen LogP contribution in [0.15, 0.2) is 72.9 Å². The Morgan fingerprint density at radius 1 is 0.630 bits per heavy atom. The van der Waals surface area contributed by atoms with Crippen LogP contribution in [0, 0.1) is 0 Å². The van der Waals surface area contributed by atoms with Crippen molar-refractivity contribution in [1.82, 2.24) is 0 Å². The van der Waals surface area contributed by atoms with Crippen molar-refractivity contribution in [3.05, 3.63) is 72.9 Å². The molecule has 0 fully saturated rings. The molecule has 0 bridgehead atoms. The van der Waals surface area contributed by atoms with Crippen molar-refractivity contribution in [3.63, 3.8) is 0 Å². The predicted molar refractivity (Wildman–Crippen MR) is 121 cm³/mol. The van der Waals surface area contributed by atoms with Crippen LogP contribution in [0.5, 0.6) is 0 Å². The number of ketones is 1. The zero-order valence-corrected chi connectivity index (χ0v) is 17.2. The fraction of sp³-hybridized carbons (Fsp3) is 0.480. The summed E-state index contributed by atoms with van der Waals surface area (Å²) in [7, 11) is 0. The van der Waals surface area contributed by atoms with Gasteiger partial charge < -0.3 is 5.73 Å². The van der Waals surface area contributed by atoms with Crippen LogP contribution in [-0.4, -0.2) is 12.3 Å². The Kier molecular flexibility index (Phi) is 20.5. The van der Waals surface area contributed by atoms with Crippen molar-refractivity contribution < 1.29 is 4.79 Å². The zero-order chi connectivity index (χ0) is 19.8. The number of allylic oxidation sites excluding steroid dienone is 12. The van der Waals surface area contributed by atoms with Crippen LogP contribution in [0.1, 0.15) is 71.1 Å². The number of hydrogen-bond acceptors (Lipinski definition) is 2. The van der Waals surface area contributed by atoms with E-state index in [1.54, 1.807) is 0 Å². The summed E-state index contributed by atoms with van der Waals surface area (Å²) >= 11 is 0. The smallest absolute Gasteiger partial charge is 0.133 e. The lowest BCUT2D eigenvalue weighted by Gasteiger charge is -1.95. The quantitative estimate of drug-likeness (QED) is 0.287. The monoisotopic (exact) mass is 369 g/mol. The molecule has 2 N–H and O–H groups in total. The number of hydrogen-bond donors (Lipinski definition) is 1. The van der Waals surface area contributed by atoms with Crippen molar-refractivity contribution in [1.29, 1.82) is 0 Å². The van der Waals surface area contributed by atoms with Crippen molar-refractivity contribution in [2.24, 2.45) is 5.73 Å². The molecule has 0 atom stereocenters. The zero-order valence-electron chi connectivity index (χ0n) is 17.2. The predicted octanol–water partition coefficient (Wildman–Crippen LogP) is 6.77. The summed E-state index contributed by atoms with van der Waals surface area (Å²) in [5, 5.41) is 0. The van der Waals surface area contributed by atoms with Gasteiger partial charge in [0.15, 0.2) is 0 Å². The third-order valence-corrected chi connectivity index (χ3v) is 3.85. The maximum Gasteiger partial charge on any atom is 0.133 e. The van der Waals surface area contributed by atoms with Crippen molar-refractivity contribution in [2.75, 3.05) is 6.54 Å². The fourth-order valence-corrected chi connectivity index (χ4v) is 2.31. The van der Waals surface area contributed by atoms with Gasteiger partial charge in [-0.2, -0.15) is 0 Å². The first kappa shape index (κ1) is 25.1. The summed E-state index contributed by atoms with van der Waals surface area (Å²) in [6.45, 7) is 2.76. The van der Waals surface area contributed by atoms with E-state index < -0.39 is 0 Å². The van der Waals surface area contributed by atoms with Gasteiger partial charge in [-0.15, -0.1) is 0 Å². The van der Waals surface area contributed by atoms with Gasteiger partial charge in [0.1, 0.15) is 5.78 Å². The van der Waals surface area contributed by atoms with Crippen LogP contribution in [0.4, 0.5) is 0 Å². The van der Waals surface area contributed by atoms with E-state index in [4.69, 9.17) is 5.73 Å². The van der Waals surface area contributed by atoms with Crippen molar-refractivity contribution in [3.8, 4) is 0 Å². The molecule has 150 valence electrons. The molecule has 0 rings (SSSR count). The Morgan fingerprint density at radius 2 is 1.04 bits per heavy atom. The normalized spacial score (nSPS) is 13.0. The second kappa shape index (κ2) is 22.1. The topological polar surface area (TPSA) is 43.1 Å². The van der Waals surface area contributed by atoms with Crippen LogP contribution in [0.2, 0.25) is 0 Å². The summed E-state index contributed by atoms with van der Waals surface area (Å²) in [5.74, 6) is 0.319. The van der Waals surface area contributed by atoms with Crippen LogP contribution < -0.4 is 5.73 Å². The Morgan fingerprint density at radius 3 is 1.44 bits per heavy atom. The average molecular weight is 370 g/mol. The minimum absolute atomic E-state index is 0.319. The molecular weight excluding hydrogens is 330 g/mol. The minimum Gasteiger partial charge on any atom is -0.330 e. The van der Waals surface area contributed by atoms with E-state index in [0.717, 1.165) is 51.4 Å². The Balaban J connectivity index is 3.54. The molecule has 0 radical (unpaired) electrons. The van der Waals surface area contributed by atoms with Gasteiger partial charge in [0.2, 0.25) is 0 Å². The van der Waals surface area contributed by atoms with Crippen molar-refractivity contribution in [2.45, 2.75) is 71.1 Å². The molecule has 0 aliphatic rings. The highest BCUT2D eigenvalue weighted by atomic mass is 16.1. The molecule has 0 saturated carbocycles. The largest absolute Gasteiger partial charge is 0.330 e. The van der Waals surface area contributed by atoms with Gasteiger partial charge in [-0.05, 0) is 57.9 Å². The lowest BCUT2D eigenvalue weighted by atomic mass is 10.1. The van der Waals surface area contributed by atoms with E-state index in [2.05, 4.69) is 79.8 Å². The maximum absolute atomic E-state index is 11.5. The van der Waals surface area contributed by atoms with Crippen LogP contribution in [-0.2, 0) is 4.79 Å². The highest BCUT2D eigenvalue weighted by Crippen LogP contribution is 2.00. The molecule has 0 aromatic heterocycles. The Hall–Kier alpha value is -1.93. The third kappa shape index (κ3) is 22.0. The SMILES string of the molecule is CC/C=C\C/C=C\C/C=C\C/C=C\C/C=C\C/C=C\CCC(=O)CCCN. The average Bonchev–Trinajstić information content (AvgIpc) is 2.68. The third-order valence-electron chi connectivity index (χ3n) is 3.85. The molecule has 2 heteroatoms. The molecule has 0 spiro atoms. The van der Waals surface area contributed by atoms with E-state index in [1.165, 1.54) is 0 Å². The standard InChI is InChI=1S/C25H39NO/c1-2-3-4-5-6-7-8-9-10-11-12-13-14-15-16-17-18-19-20-22-25(27)23-21-24-26/h3-4,6-7,9-10,12-13,15-16,18-19H,2,5,8,11,14,17,20-24,26H2,1H3/b4-3-,7-6-,10-9-,13-12-,16-15-,19-18-. The van der Waals surface area contributed by atoms with Crippen LogP contribution in [0.3, 0.4) is 0 Å². The number of carbonyl (C=O) groups is 1. The van der Waals surface area contributed by atoms with Crippen LogP contribution in [0.25, 0.3) is 0 Å². The maximum atomic E-state index is 11.5. The van der Waals surface area contributed by atoms with Crippen molar-refractivity contribution >= 4 is 5.78 Å². The Bertz CT molecular complexity index is 506. The van der Waals surface area contributed by atoms with Gasteiger partial charge in [-0.3, -0.25) is 4.79 Å². The number of rotatable bonds is 17. The summed E-state index contributed by atoms with van der Waals surface area (Å²) in [4.78, 5) is 11.5. The first-order chi connectivity index (χ1) is 13.3. The molecule has 0 aliphatic carbocycles. The van der Waals surface area contributed by atoms with E-state index in [-0.39, 0.29) is 0 Å². The molecule has 0 amide bonds. The van der Waals surface area contributed by atoms with Gasteiger partial charge in [0.25, 0.3) is 0 Å². The first-order valence-corrected chi connectivity index (χ1v) is 10.4. The summed E-state index contributed by atoms with van der Waals surface area (Å²) in [5.41, 5.74) is 5.39. The molecule has 0 heterocycles. The van der Waals surface area contributed by atoms with Gasteiger partial charge in [0, 0.05) is 12.8 Å². The molecule has 0 saturated heterocycles. The molecule has 2 nitrogen and oxygen atoms in total. The van der Waals surface area contributed by atoms with E-state index in [0.29, 0.717) is 25.2 Å². The molecule has 0 aromatic rings. The highest BCUT2D eigenvalue weighted by Gasteiger charge is 1.98. The van der Waals surface area contributed by atoms with Gasteiger partial charge in [-0.25, -0.2) is 0 Å². The van der Waals surface area contributed by atoms with Gasteiger partial charge >= 0.3 is 0 Å². The molecule has 0 unspecified atom stereocenters. The lowest BCUT2D eigenvalue weighted by Crippen LogP contribution is -2.03. The summed E-state index contributed by atoms with van der Waals surface area (Å²) in [6.07, 6.45) is 35.2. The second-order valence-electron chi connectivity index (χ2n) is 6.38. The summed E-state index contributed by atoms with van der Waals surface area (Å²) < 4.78 is 0. The molecular formula is C25H39NO.